The molecular formula is C16H14FN5O3. The van der Waals surface area contributed by atoms with Gasteiger partial charge in [0.1, 0.15) is 5.82 Å². The number of carbonyl (C=O) groups excluding carboxylic acids is 2. The number of benzene rings is 1. The summed E-state index contributed by atoms with van der Waals surface area (Å²) in [6.07, 6.45) is 2.65. The molecule has 3 N–H and O–H groups in total. The van der Waals surface area contributed by atoms with E-state index in [2.05, 4.69) is 26.3 Å². The first kappa shape index (κ1) is 16.4. The highest BCUT2D eigenvalue weighted by molar-refractivity contribution is 6.04. The molecule has 1 atom stereocenters. The maximum Gasteiger partial charge on any atom is 0.337 e. The van der Waals surface area contributed by atoms with Crippen molar-refractivity contribution >= 4 is 23.3 Å². The number of halogens is 1. The monoisotopic (exact) mass is 343 g/mol. The van der Waals surface area contributed by atoms with Crippen molar-refractivity contribution in [2.45, 2.75) is 12.5 Å². The number of pyridine rings is 1. The Balaban J connectivity index is 1.46. The summed E-state index contributed by atoms with van der Waals surface area (Å²) in [6.45, 7) is 0. The number of hydrazine groups is 1. The molecule has 1 aliphatic heterocycles. The number of hydrogen-bond donors (Lipinski definition) is 3. The summed E-state index contributed by atoms with van der Waals surface area (Å²) in [5, 5.41) is 6.24. The molecule has 0 saturated heterocycles. The fourth-order valence-corrected chi connectivity index (χ4v) is 2.15. The number of hydrogen-bond acceptors (Lipinski definition) is 5. The molecule has 3 amide bonds. The SMILES string of the molecule is O=C(NNC(=O)[C@H]1CC(c2cccnc2)=NO1)Nc1cccc(F)c1. The van der Waals surface area contributed by atoms with E-state index in [4.69, 9.17) is 4.84 Å². The minimum absolute atomic E-state index is 0.255. The van der Waals surface area contributed by atoms with Gasteiger partial charge in [0.15, 0.2) is 0 Å². The van der Waals surface area contributed by atoms with Crippen LogP contribution in [0.4, 0.5) is 14.9 Å². The van der Waals surface area contributed by atoms with Crippen LogP contribution in [-0.2, 0) is 9.63 Å². The molecule has 0 bridgehead atoms. The smallest absolute Gasteiger partial charge is 0.337 e. The Hall–Kier alpha value is -3.49. The lowest BCUT2D eigenvalue weighted by Gasteiger charge is -2.11. The van der Waals surface area contributed by atoms with Gasteiger partial charge in [-0.05, 0) is 30.3 Å². The summed E-state index contributed by atoms with van der Waals surface area (Å²) in [6, 6.07) is 8.21. The van der Waals surface area contributed by atoms with E-state index in [9.17, 15) is 14.0 Å². The van der Waals surface area contributed by atoms with E-state index in [0.717, 1.165) is 11.6 Å². The average molecular weight is 343 g/mol. The van der Waals surface area contributed by atoms with Crippen LogP contribution in [0.15, 0.2) is 53.9 Å². The molecule has 3 rings (SSSR count). The predicted octanol–water partition coefficient (Wildman–Crippen LogP) is 1.57. The van der Waals surface area contributed by atoms with Crippen LogP contribution in [0, 0.1) is 5.82 Å². The van der Waals surface area contributed by atoms with Crippen LogP contribution in [0.5, 0.6) is 0 Å². The van der Waals surface area contributed by atoms with E-state index >= 15 is 0 Å². The lowest BCUT2D eigenvalue weighted by molar-refractivity contribution is -0.131. The zero-order valence-electron chi connectivity index (χ0n) is 12.9. The van der Waals surface area contributed by atoms with E-state index in [1.807, 2.05) is 0 Å². The van der Waals surface area contributed by atoms with Crippen molar-refractivity contribution in [2.24, 2.45) is 5.16 Å². The van der Waals surface area contributed by atoms with Gasteiger partial charge in [0.25, 0.3) is 5.91 Å². The van der Waals surface area contributed by atoms with Crippen molar-refractivity contribution in [3.63, 3.8) is 0 Å². The van der Waals surface area contributed by atoms with Crippen molar-refractivity contribution < 1.29 is 18.8 Å². The molecule has 2 aromatic rings. The van der Waals surface area contributed by atoms with Gasteiger partial charge in [0.05, 0.1) is 5.71 Å². The van der Waals surface area contributed by atoms with Crippen LogP contribution in [0.2, 0.25) is 0 Å². The number of aromatic nitrogens is 1. The van der Waals surface area contributed by atoms with Crippen LogP contribution >= 0.6 is 0 Å². The summed E-state index contributed by atoms with van der Waals surface area (Å²) in [5.41, 5.74) is 6.00. The third kappa shape index (κ3) is 4.28. The molecule has 1 aromatic carbocycles. The second kappa shape index (κ2) is 7.39. The standard InChI is InChI=1S/C16H14FN5O3/c17-11-4-1-5-12(7-11)19-16(24)21-20-15(23)14-8-13(22-25-14)10-3-2-6-18-9-10/h1-7,9,14H,8H2,(H,20,23)(H2,19,21,24)/t14-/m1/s1. The first-order valence-electron chi connectivity index (χ1n) is 7.37. The zero-order chi connectivity index (χ0) is 17.6. The number of anilines is 1. The number of carbonyl (C=O) groups is 2. The maximum atomic E-state index is 13.0. The molecule has 0 saturated carbocycles. The van der Waals surface area contributed by atoms with Crippen LogP contribution in [0.25, 0.3) is 0 Å². The highest BCUT2D eigenvalue weighted by Gasteiger charge is 2.29. The number of amides is 3. The predicted molar refractivity (Wildman–Crippen MR) is 87.0 cm³/mol. The Bertz CT molecular complexity index is 812. The molecule has 1 aliphatic rings. The molecule has 0 unspecified atom stereocenters. The van der Waals surface area contributed by atoms with Crippen LogP contribution in [-0.4, -0.2) is 28.7 Å². The third-order valence-corrected chi connectivity index (χ3v) is 3.34. The van der Waals surface area contributed by atoms with E-state index < -0.39 is 23.9 Å². The van der Waals surface area contributed by atoms with Crippen LogP contribution < -0.4 is 16.2 Å². The Morgan fingerprint density at radius 2 is 2.08 bits per heavy atom. The van der Waals surface area contributed by atoms with Crippen molar-refractivity contribution in [1.29, 1.82) is 0 Å². The molecule has 25 heavy (non-hydrogen) atoms. The maximum absolute atomic E-state index is 13.0. The molecule has 2 heterocycles. The van der Waals surface area contributed by atoms with Gasteiger partial charge >= 0.3 is 6.03 Å². The quantitative estimate of drug-likeness (QED) is 0.736. The Kier molecular flexibility index (Phi) is 4.84. The minimum atomic E-state index is -0.857. The number of urea groups is 1. The summed E-state index contributed by atoms with van der Waals surface area (Å²) >= 11 is 0. The average Bonchev–Trinajstić information content (AvgIpc) is 3.11. The number of nitrogens with zero attached hydrogens (tertiary/aromatic N) is 2. The number of nitrogens with one attached hydrogen (secondary N) is 3. The normalized spacial score (nSPS) is 15.7. The van der Waals surface area contributed by atoms with Crippen molar-refractivity contribution in [3.05, 3.63) is 60.2 Å². The Morgan fingerprint density at radius 1 is 1.20 bits per heavy atom. The molecule has 0 spiro atoms. The molecule has 0 aliphatic carbocycles. The lowest BCUT2D eigenvalue weighted by Crippen LogP contribution is -2.48. The van der Waals surface area contributed by atoms with Gasteiger partial charge in [0, 0.05) is 30.1 Å². The largest absolute Gasteiger partial charge is 0.382 e. The molecule has 9 heteroatoms. The molecule has 1 aromatic heterocycles. The van der Waals surface area contributed by atoms with E-state index in [1.165, 1.54) is 18.2 Å². The lowest BCUT2D eigenvalue weighted by atomic mass is 10.1. The van der Waals surface area contributed by atoms with Gasteiger partial charge in [-0.15, -0.1) is 0 Å². The minimum Gasteiger partial charge on any atom is -0.382 e. The van der Waals surface area contributed by atoms with Gasteiger partial charge in [-0.25, -0.2) is 14.6 Å². The second-order valence-electron chi connectivity index (χ2n) is 5.16. The van der Waals surface area contributed by atoms with Crippen molar-refractivity contribution in [3.8, 4) is 0 Å². The van der Waals surface area contributed by atoms with E-state index in [-0.39, 0.29) is 12.1 Å². The third-order valence-electron chi connectivity index (χ3n) is 3.34. The van der Waals surface area contributed by atoms with E-state index in [0.29, 0.717) is 5.71 Å². The topological polar surface area (TPSA) is 105 Å². The number of rotatable bonds is 3. The second-order valence-corrected chi connectivity index (χ2v) is 5.16. The summed E-state index contributed by atoms with van der Waals surface area (Å²) in [7, 11) is 0. The highest BCUT2D eigenvalue weighted by atomic mass is 19.1. The number of oxime groups is 1. The van der Waals surface area contributed by atoms with Gasteiger partial charge < -0.3 is 10.2 Å². The summed E-state index contributed by atoms with van der Waals surface area (Å²) in [5.74, 6) is -1.04. The van der Waals surface area contributed by atoms with Crippen LogP contribution in [0.1, 0.15) is 12.0 Å². The van der Waals surface area contributed by atoms with Crippen molar-refractivity contribution in [2.75, 3.05) is 5.32 Å². The van der Waals surface area contributed by atoms with Crippen LogP contribution in [0.3, 0.4) is 0 Å². The van der Waals surface area contributed by atoms with Gasteiger partial charge in [0.2, 0.25) is 6.10 Å². The Morgan fingerprint density at radius 3 is 2.84 bits per heavy atom. The molecule has 8 nitrogen and oxygen atoms in total. The highest BCUT2D eigenvalue weighted by Crippen LogP contribution is 2.16. The zero-order valence-corrected chi connectivity index (χ0v) is 12.9. The van der Waals surface area contributed by atoms with Gasteiger partial charge in [-0.1, -0.05) is 11.2 Å². The summed E-state index contributed by atoms with van der Waals surface area (Å²) in [4.78, 5) is 32.7. The van der Waals surface area contributed by atoms with E-state index in [1.54, 1.807) is 24.5 Å². The molecule has 128 valence electrons. The Labute approximate surface area is 142 Å². The first-order valence-corrected chi connectivity index (χ1v) is 7.37. The molecule has 0 radical (unpaired) electrons. The fourth-order valence-electron chi connectivity index (χ4n) is 2.15. The van der Waals surface area contributed by atoms with Gasteiger partial charge in [-0.2, -0.15) is 0 Å². The molecular weight excluding hydrogens is 329 g/mol. The van der Waals surface area contributed by atoms with Gasteiger partial charge in [-0.3, -0.25) is 15.2 Å². The molecule has 0 fully saturated rings. The fraction of sp³-hybridized carbons (Fsp3) is 0.125. The van der Waals surface area contributed by atoms with Crippen molar-refractivity contribution in [1.82, 2.24) is 15.8 Å². The first-order chi connectivity index (χ1) is 12.1. The summed E-state index contributed by atoms with van der Waals surface area (Å²) < 4.78 is 13.0.